The Morgan fingerprint density at radius 2 is 2.17 bits per heavy atom. The molecule has 1 rings (SSSR count). The Bertz CT molecular complexity index is 281. The van der Waals surface area contributed by atoms with Crippen LogP contribution in [-0.4, -0.2) is 33.9 Å². The average molecular weight is 170 g/mol. The van der Waals surface area contributed by atoms with Crippen LogP contribution in [0.1, 0.15) is 0 Å². The number of hydrogen-bond donors (Lipinski definition) is 3. The molecule has 6 heteroatoms. The molecule has 0 aromatic heterocycles. The van der Waals surface area contributed by atoms with Crippen LogP contribution in [-0.2, 0) is 9.59 Å². The van der Waals surface area contributed by atoms with Gasteiger partial charge in [0.15, 0.2) is 11.8 Å². The van der Waals surface area contributed by atoms with E-state index < -0.39 is 23.7 Å². The summed E-state index contributed by atoms with van der Waals surface area (Å²) < 4.78 is 0. The van der Waals surface area contributed by atoms with Crippen molar-refractivity contribution in [2.45, 2.75) is 6.04 Å². The van der Waals surface area contributed by atoms with Crippen molar-refractivity contribution in [2.75, 3.05) is 0 Å². The Morgan fingerprint density at radius 3 is 2.58 bits per heavy atom. The fourth-order valence-corrected chi connectivity index (χ4v) is 0.777. The Morgan fingerprint density at radius 1 is 1.50 bits per heavy atom. The van der Waals surface area contributed by atoms with E-state index in [4.69, 9.17) is 10.2 Å². The van der Waals surface area contributed by atoms with Crippen LogP contribution in [0.15, 0.2) is 17.4 Å². The molecule has 64 valence electrons. The number of hydrogen-bond acceptors (Lipinski definition) is 4. The minimum absolute atomic E-state index is 0.412. The third kappa shape index (κ3) is 1.42. The van der Waals surface area contributed by atoms with Gasteiger partial charge in [-0.15, -0.1) is 0 Å². The van der Waals surface area contributed by atoms with Gasteiger partial charge in [-0.05, 0) is 0 Å². The predicted octanol–water partition coefficient (Wildman–Crippen LogP) is -0.960. The van der Waals surface area contributed by atoms with E-state index in [1.165, 1.54) is 12.4 Å². The van der Waals surface area contributed by atoms with Crippen molar-refractivity contribution in [2.24, 2.45) is 4.99 Å². The highest BCUT2D eigenvalue weighted by Gasteiger charge is 2.29. The topological polar surface area (TPSA) is 99.0 Å². The zero-order valence-electron chi connectivity index (χ0n) is 5.89. The predicted molar refractivity (Wildman–Crippen MR) is 38.8 cm³/mol. The standard InChI is InChI=1S/C6H6N2O4/c9-5(10)3-4(6(11)12)8-2-1-7-3/h1-3,7H,(H,9,10)(H,11,12). The molecule has 6 nitrogen and oxygen atoms in total. The highest BCUT2D eigenvalue weighted by molar-refractivity contribution is 6.41. The van der Waals surface area contributed by atoms with E-state index in [9.17, 15) is 9.59 Å². The first-order valence-corrected chi connectivity index (χ1v) is 3.08. The van der Waals surface area contributed by atoms with E-state index in [0.717, 1.165) is 0 Å². The molecule has 0 bridgehead atoms. The first-order chi connectivity index (χ1) is 5.63. The van der Waals surface area contributed by atoms with E-state index in [2.05, 4.69) is 10.3 Å². The molecule has 0 aromatic carbocycles. The fourth-order valence-electron chi connectivity index (χ4n) is 0.777. The second-order valence-corrected chi connectivity index (χ2v) is 2.07. The third-order valence-corrected chi connectivity index (χ3v) is 1.29. The maximum absolute atomic E-state index is 10.4. The molecule has 1 unspecified atom stereocenters. The fraction of sp³-hybridized carbons (Fsp3) is 0.167. The highest BCUT2D eigenvalue weighted by Crippen LogP contribution is 1.97. The minimum atomic E-state index is -1.33. The maximum atomic E-state index is 10.4. The molecule has 1 atom stereocenters. The quantitative estimate of drug-likeness (QED) is 0.495. The lowest BCUT2D eigenvalue weighted by atomic mass is 10.1. The zero-order chi connectivity index (χ0) is 9.14. The Balaban J connectivity index is 2.91. The van der Waals surface area contributed by atoms with E-state index in [-0.39, 0.29) is 0 Å². The van der Waals surface area contributed by atoms with Gasteiger partial charge in [-0.3, -0.25) is 0 Å². The van der Waals surface area contributed by atoms with Crippen molar-refractivity contribution in [3.05, 3.63) is 12.4 Å². The van der Waals surface area contributed by atoms with Crippen molar-refractivity contribution in [3.63, 3.8) is 0 Å². The summed E-state index contributed by atoms with van der Waals surface area (Å²) in [4.78, 5) is 24.3. The zero-order valence-corrected chi connectivity index (χ0v) is 5.89. The second kappa shape index (κ2) is 3.04. The Labute approximate surface area is 67.2 Å². The summed E-state index contributed by atoms with van der Waals surface area (Å²) in [5, 5.41) is 19.4. The average Bonchev–Trinajstić information content (AvgIpc) is 2.04. The SMILES string of the molecule is O=C(O)C1=NC=CNC1C(=O)O. The van der Waals surface area contributed by atoms with Crippen molar-refractivity contribution in [3.8, 4) is 0 Å². The summed E-state index contributed by atoms with van der Waals surface area (Å²) in [6.45, 7) is 0. The molecule has 0 aromatic rings. The van der Waals surface area contributed by atoms with Crippen LogP contribution in [0, 0.1) is 0 Å². The molecule has 0 radical (unpaired) electrons. The van der Waals surface area contributed by atoms with Gasteiger partial charge in [0.2, 0.25) is 0 Å². The first-order valence-electron chi connectivity index (χ1n) is 3.08. The Kier molecular flexibility index (Phi) is 2.09. The van der Waals surface area contributed by atoms with Crippen LogP contribution < -0.4 is 5.32 Å². The number of nitrogens with zero attached hydrogens (tertiary/aromatic N) is 1. The third-order valence-electron chi connectivity index (χ3n) is 1.29. The number of carboxylic acids is 2. The van der Waals surface area contributed by atoms with E-state index in [0.29, 0.717) is 0 Å². The molecule has 0 saturated carbocycles. The lowest BCUT2D eigenvalue weighted by Gasteiger charge is -2.14. The number of carboxylic acid groups (broad SMARTS) is 2. The number of nitrogens with one attached hydrogen (secondary N) is 1. The summed E-state index contributed by atoms with van der Waals surface area (Å²) in [5.74, 6) is -2.60. The number of aliphatic carboxylic acids is 2. The van der Waals surface area contributed by atoms with Crippen LogP contribution in [0.3, 0.4) is 0 Å². The highest BCUT2D eigenvalue weighted by atomic mass is 16.4. The van der Waals surface area contributed by atoms with Crippen LogP contribution in [0.4, 0.5) is 0 Å². The molecule has 0 fully saturated rings. The monoisotopic (exact) mass is 170 g/mol. The summed E-state index contributed by atoms with van der Waals surface area (Å²) in [6.07, 6.45) is 2.48. The van der Waals surface area contributed by atoms with Gasteiger partial charge in [0.25, 0.3) is 0 Å². The summed E-state index contributed by atoms with van der Waals surface area (Å²) >= 11 is 0. The van der Waals surface area contributed by atoms with Gasteiger partial charge in [-0.1, -0.05) is 0 Å². The van der Waals surface area contributed by atoms with Gasteiger partial charge in [-0.2, -0.15) is 0 Å². The van der Waals surface area contributed by atoms with Crippen molar-refractivity contribution >= 4 is 17.7 Å². The second-order valence-electron chi connectivity index (χ2n) is 2.07. The van der Waals surface area contributed by atoms with Gasteiger partial charge in [0.05, 0.1) is 0 Å². The molecular formula is C6H6N2O4. The van der Waals surface area contributed by atoms with Crippen molar-refractivity contribution in [1.82, 2.24) is 5.32 Å². The van der Waals surface area contributed by atoms with E-state index >= 15 is 0 Å². The lowest BCUT2D eigenvalue weighted by Crippen LogP contribution is -2.45. The van der Waals surface area contributed by atoms with Crippen LogP contribution in [0.5, 0.6) is 0 Å². The van der Waals surface area contributed by atoms with E-state index in [1.54, 1.807) is 0 Å². The summed E-state index contributed by atoms with van der Waals surface area (Å²) in [6, 6.07) is -1.26. The molecule has 0 amide bonds. The van der Waals surface area contributed by atoms with Crippen molar-refractivity contribution in [1.29, 1.82) is 0 Å². The molecule has 1 heterocycles. The molecule has 1 aliphatic heterocycles. The van der Waals surface area contributed by atoms with Crippen LogP contribution in [0.2, 0.25) is 0 Å². The lowest BCUT2D eigenvalue weighted by molar-refractivity contribution is -0.139. The van der Waals surface area contributed by atoms with Gasteiger partial charge < -0.3 is 15.5 Å². The summed E-state index contributed by atoms with van der Waals surface area (Å²) in [5.41, 5.74) is -0.412. The minimum Gasteiger partial charge on any atom is -0.479 e. The largest absolute Gasteiger partial charge is 0.479 e. The van der Waals surface area contributed by atoms with Crippen molar-refractivity contribution < 1.29 is 19.8 Å². The summed E-state index contributed by atoms with van der Waals surface area (Å²) in [7, 11) is 0. The number of rotatable bonds is 2. The van der Waals surface area contributed by atoms with Gasteiger partial charge in [0, 0.05) is 12.4 Å². The van der Waals surface area contributed by atoms with Gasteiger partial charge in [0.1, 0.15) is 0 Å². The molecule has 1 aliphatic rings. The number of carbonyl (C=O) groups is 2. The smallest absolute Gasteiger partial charge is 0.353 e. The first kappa shape index (κ1) is 8.25. The van der Waals surface area contributed by atoms with Crippen LogP contribution >= 0.6 is 0 Å². The van der Waals surface area contributed by atoms with Gasteiger partial charge in [-0.25, -0.2) is 14.6 Å². The maximum Gasteiger partial charge on any atom is 0.353 e. The normalized spacial score (nSPS) is 21.0. The van der Waals surface area contributed by atoms with Crippen LogP contribution in [0.25, 0.3) is 0 Å². The van der Waals surface area contributed by atoms with E-state index in [1.807, 2.05) is 0 Å². The molecule has 0 aliphatic carbocycles. The molecular weight excluding hydrogens is 164 g/mol. The van der Waals surface area contributed by atoms with Gasteiger partial charge >= 0.3 is 11.9 Å². The Hall–Kier alpha value is -1.85. The molecule has 3 N–H and O–H groups in total. The molecule has 12 heavy (non-hydrogen) atoms. The number of aliphatic imine (C=N–C) groups is 1. The molecule has 0 saturated heterocycles. The molecule has 0 spiro atoms.